The molecule has 37 heavy (non-hydrogen) atoms. The fourth-order valence-electron chi connectivity index (χ4n) is 4.31. The van der Waals surface area contributed by atoms with E-state index in [1.54, 1.807) is 77.1 Å². The average molecular weight is 532 g/mol. The molecule has 0 aliphatic rings. The highest BCUT2D eigenvalue weighted by Crippen LogP contribution is 2.40. The highest BCUT2D eigenvalue weighted by atomic mass is 32.2. The second-order valence-corrected chi connectivity index (χ2v) is 12.3. The first-order valence-corrected chi connectivity index (χ1v) is 13.9. The van der Waals surface area contributed by atoms with Crippen molar-refractivity contribution in [2.75, 3.05) is 12.8 Å². The largest absolute Gasteiger partial charge is 0.459 e. The van der Waals surface area contributed by atoms with Crippen LogP contribution >= 0.6 is 0 Å². The molecule has 0 aromatic heterocycles. The summed E-state index contributed by atoms with van der Waals surface area (Å²) < 4.78 is 30.1. The van der Waals surface area contributed by atoms with Crippen molar-refractivity contribution >= 4 is 27.6 Å². The van der Waals surface area contributed by atoms with Crippen LogP contribution in [0.5, 0.6) is 0 Å². The molecule has 0 unspecified atom stereocenters. The summed E-state index contributed by atoms with van der Waals surface area (Å²) in [6.45, 7) is 8.48. The van der Waals surface area contributed by atoms with Gasteiger partial charge in [-0.1, -0.05) is 55.3 Å². The van der Waals surface area contributed by atoms with E-state index in [1.807, 2.05) is 5.43 Å². The van der Waals surface area contributed by atoms with E-state index in [-0.39, 0.29) is 24.1 Å². The Morgan fingerprint density at radius 2 is 1.68 bits per heavy atom. The Hall–Kier alpha value is -3.24. The number of hydrogen-bond acceptors (Lipinski definition) is 7. The maximum atomic E-state index is 13.5. The number of amides is 2. The molecule has 0 saturated heterocycles. The predicted octanol–water partition coefficient (Wildman–Crippen LogP) is 2.88. The van der Waals surface area contributed by atoms with Gasteiger partial charge in [0.2, 0.25) is 0 Å². The van der Waals surface area contributed by atoms with E-state index in [0.717, 1.165) is 11.8 Å². The van der Waals surface area contributed by atoms with Crippen LogP contribution in [0.1, 0.15) is 73.5 Å². The molecule has 2 amide bonds. The van der Waals surface area contributed by atoms with Gasteiger partial charge in [-0.05, 0) is 57.4 Å². The first-order valence-electron chi connectivity index (χ1n) is 12.1. The van der Waals surface area contributed by atoms with Gasteiger partial charge in [0.1, 0.15) is 5.60 Å². The Bertz CT molecular complexity index is 1240. The Morgan fingerprint density at radius 3 is 2.19 bits per heavy atom. The number of esters is 1. The lowest BCUT2D eigenvalue weighted by molar-refractivity contribution is -0.156. The van der Waals surface area contributed by atoms with Crippen LogP contribution in [0.4, 0.5) is 0 Å². The molecule has 2 rings (SSSR count). The fraction of sp³-hybridized carbons (Fsp3) is 0.444. The van der Waals surface area contributed by atoms with Crippen molar-refractivity contribution in [3.63, 3.8) is 0 Å². The van der Waals surface area contributed by atoms with Crippen molar-refractivity contribution in [2.45, 2.75) is 63.7 Å². The van der Waals surface area contributed by atoms with Crippen molar-refractivity contribution in [1.29, 1.82) is 0 Å². The molecule has 0 fully saturated rings. The van der Waals surface area contributed by atoms with Gasteiger partial charge in [0.25, 0.3) is 11.8 Å². The van der Waals surface area contributed by atoms with E-state index < -0.39 is 43.9 Å². The number of carbonyl (C=O) groups is 3. The summed E-state index contributed by atoms with van der Waals surface area (Å²) in [5.41, 5.74) is 2.68. The zero-order chi connectivity index (χ0) is 28.0. The lowest BCUT2D eigenvalue weighted by atomic mass is 9.82. The van der Waals surface area contributed by atoms with Crippen LogP contribution in [-0.4, -0.2) is 44.6 Å². The highest BCUT2D eigenvalue weighted by molar-refractivity contribution is 7.92. The van der Waals surface area contributed by atoms with Crippen molar-refractivity contribution in [1.82, 2.24) is 10.7 Å². The van der Waals surface area contributed by atoms with Crippen molar-refractivity contribution in [3.8, 4) is 0 Å². The summed E-state index contributed by atoms with van der Waals surface area (Å²) in [5, 5.41) is 2.76. The number of rotatable bonds is 10. The molecule has 0 bridgehead atoms. The second-order valence-electron chi connectivity index (χ2n) is 10.1. The van der Waals surface area contributed by atoms with Crippen LogP contribution in [0, 0.1) is 6.92 Å². The summed E-state index contributed by atoms with van der Waals surface area (Å²) >= 11 is 0. The summed E-state index contributed by atoms with van der Waals surface area (Å²) in [7, 11) is -4.09. The Kier molecular flexibility index (Phi) is 9.62. The molecule has 4 N–H and O–H groups in total. The van der Waals surface area contributed by atoms with Gasteiger partial charge in [0, 0.05) is 18.4 Å². The monoisotopic (exact) mass is 531 g/mol. The molecular formula is C27H37N3O6S. The number of benzene rings is 2. The zero-order valence-electron chi connectivity index (χ0n) is 22.3. The van der Waals surface area contributed by atoms with Crippen molar-refractivity contribution < 1.29 is 27.5 Å². The maximum Gasteiger partial charge on any atom is 0.315 e. The number of sulfone groups is 1. The molecule has 10 heteroatoms. The van der Waals surface area contributed by atoms with Gasteiger partial charge in [0.15, 0.2) is 14.6 Å². The number of nitrogens with two attached hydrogens (primary N) is 1. The normalized spacial score (nSPS) is 14.2. The molecule has 9 nitrogen and oxygen atoms in total. The molecule has 0 aliphatic heterocycles. The van der Waals surface area contributed by atoms with Gasteiger partial charge in [-0.25, -0.2) is 14.3 Å². The SMILES string of the molecule is CCC[C@](C(=O)NN)(c1ccc(C)cc1[C@H](CNC(=O)c1ccccc1)C(=O)OC(C)(C)C)S(C)(=O)=O. The summed E-state index contributed by atoms with van der Waals surface area (Å²) in [6.07, 6.45) is 1.25. The third kappa shape index (κ3) is 6.95. The topological polar surface area (TPSA) is 145 Å². The minimum absolute atomic E-state index is 0.0671. The summed E-state index contributed by atoms with van der Waals surface area (Å²) in [4.78, 5) is 39.5. The minimum atomic E-state index is -4.09. The van der Waals surface area contributed by atoms with Crippen LogP contribution in [0.2, 0.25) is 0 Å². The van der Waals surface area contributed by atoms with Crippen molar-refractivity contribution in [2.24, 2.45) is 5.84 Å². The van der Waals surface area contributed by atoms with Crippen LogP contribution in [0.25, 0.3) is 0 Å². The van der Waals surface area contributed by atoms with Crippen LogP contribution in [0.15, 0.2) is 48.5 Å². The Labute approximate surface area is 219 Å². The lowest BCUT2D eigenvalue weighted by Crippen LogP contribution is -2.52. The number of aryl methyl sites for hydroxylation is 1. The summed E-state index contributed by atoms with van der Waals surface area (Å²) in [5.74, 6) is 2.38. The van der Waals surface area contributed by atoms with Gasteiger partial charge in [-0.15, -0.1) is 0 Å². The number of hydrogen-bond donors (Lipinski definition) is 3. The standard InChI is InChI=1S/C27H37N3O6S/c1-7-15-27(25(33)30-28,37(6,34)35)22-14-13-18(2)16-20(22)21(24(32)36-26(3,4)5)17-29-23(31)19-11-9-8-10-12-19/h8-14,16,21H,7,15,17,28H2,1-6H3,(H,29,31)(H,30,33)/t21-,27+/m0/s1. The third-order valence-corrected chi connectivity index (χ3v) is 7.82. The lowest BCUT2D eigenvalue weighted by Gasteiger charge is -2.34. The molecule has 2 aromatic carbocycles. The molecule has 0 aliphatic carbocycles. The number of nitrogens with one attached hydrogen (secondary N) is 2. The molecule has 2 atom stereocenters. The Balaban J connectivity index is 2.75. The fourth-order valence-corrected chi connectivity index (χ4v) is 5.87. The molecule has 0 spiro atoms. The van der Waals surface area contributed by atoms with E-state index in [1.165, 1.54) is 6.07 Å². The van der Waals surface area contributed by atoms with E-state index >= 15 is 0 Å². The van der Waals surface area contributed by atoms with Gasteiger partial charge in [0.05, 0.1) is 5.92 Å². The molecule has 0 heterocycles. The third-order valence-electron chi connectivity index (χ3n) is 5.94. The second kappa shape index (κ2) is 11.9. The number of carbonyl (C=O) groups excluding carboxylic acids is 3. The Morgan fingerprint density at radius 1 is 1.05 bits per heavy atom. The van der Waals surface area contributed by atoms with Gasteiger partial charge in [-0.3, -0.25) is 19.8 Å². The van der Waals surface area contributed by atoms with Crippen molar-refractivity contribution in [3.05, 3.63) is 70.8 Å². The van der Waals surface area contributed by atoms with Crippen LogP contribution < -0.4 is 16.6 Å². The average Bonchev–Trinajstić information content (AvgIpc) is 2.81. The van der Waals surface area contributed by atoms with E-state index in [4.69, 9.17) is 10.6 Å². The van der Waals surface area contributed by atoms with Crippen LogP contribution in [0.3, 0.4) is 0 Å². The molecule has 2 aromatic rings. The minimum Gasteiger partial charge on any atom is -0.459 e. The van der Waals surface area contributed by atoms with Gasteiger partial charge >= 0.3 is 5.97 Å². The highest BCUT2D eigenvalue weighted by Gasteiger charge is 2.51. The smallest absolute Gasteiger partial charge is 0.315 e. The van der Waals surface area contributed by atoms with Gasteiger partial charge < -0.3 is 10.1 Å². The van der Waals surface area contributed by atoms with E-state index in [9.17, 15) is 22.8 Å². The van der Waals surface area contributed by atoms with Gasteiger partial charge in [-0.2, -0.15) is 0 Å². The first-order chi connectivity index (χ1) is 17.2. The van der Waals surface area contributed by atoms with E-state index in [2.05, 4.69) is 5.32 Å². The number of ether oxygens (including phenoxy) is 1. The van der Waals surface area contributed by atoms with E-state index in [0.29, 0.717) is 12.0 Å². The molecule has 0 radical (unpaired) electrons. The predicted molar refractivity (Wildman–Crippen MR) is 142 cm³/mol. The maximum absolute atomic E-state index is 13.5. The molecule has 0 saturated carbocycles. The number of hydrazine groups is 1. The zero-order valence-corrected chi connectivity index (χ0v) is 23.1. The summed E-state index contributed by atoms with van der Waals surface area (Å²) in [6, 6.07) is 13.3. The van der Waals surface area contributed by atoms with Crippen LogP contribution in [-0.2, 0) is 28.9 Å². The molecular weight excluding hydrogens is 494 g/mol. The quantitative estimate of drug-likeness (QED) is 0.185. The molecule has 202 valence electrons. The first kappa shape index (κ1) is 30.0.